The molecule has 224 valence electrons. The first-order valence-electron chi connectivity index (χ1n) is 13.8. The van der Waals surface area contributed by atoms with Gasteiger partial charge in [-0.1, -0.05) is 18.2 Å². The number of nitrogens with two attached hydrogens (primary N) is 1. The summed E-state index contributed by atoms with van der Waals surface area (Å²) in [4.78, 5) is 22.7. The molecule has 0 bridgehead atoms. The van der Waals surface area contributed by atoms with Gasteiger partial charge in [0.2, 0.25) is 5.88 Å². The molecule has 1 aliphatic heterocycles. The number of hydrogen-bond donors (Lipinski definition) is 2. The van der Waals surface area contributed by atoms with Gasteiger partial charge >= 0.3 is 0 Å². The van der Waals surface area contributed by atoms with E-state index < -0.39 is 26.6 Å². The molecule has 12 heteroatoms. The number of carbonyl (C=O) groups is 1. The Labute approximate surface area is 252 Å². The van der Waals surface area contributed by atoms with Crippen molar-refractivity contribution in [3.63, 3.8) is 0 Å². The van der Waals surface area contributed by atoms with Gasteiger partial charge in [-0.3, -0.25) is 9.52 Å². The van der Waals surface area contributed by atoms with E-state index in [1.165, 1.54) is 19.4 Å². The molecule has 3 aromatic carbocycles. The highest BCUT2D eigenvalue weighted by Gasteiger charge is 2.23. The van der Waals surface area contributed by atoms with Gasteiger partial charge in [0.25, 0.3) is 15.9 Å². The maximum atomic E-state index is 14.3. The Morgan fingerprint density at radius 2 is 1.66 bits per heavy atom. The van der Waals surface area contributed by atoms with Gasteiger partial charge < -0.3 is 15.4 Å². The third-order valence-corrected chi connectivity index (χ3v) is 8.88. The van der Waals surface area contributed by atoms with Crippen LogP contribution in [0.25, 0.3) is 33.2 Å². The first kappa shape index (κ1) is 29.0. The van der Waals surface area contributed by atoms with Crippen molar-refractivity contribution >= 4 is 38.3 Å². The Hall–Kier alpha value is -5.10. The molecule has 3 N–H and O–H groups in total. The fourth-order valence-electron chi connectivity index (χ4n) is 5.24. The van der Waals surface area contributed by atoms with E-state index in [0.717, 1.165) is 49.0 Å². The first-order chi connectivity index (χ1) is 21.1. The van der Waals surface area contributed by atoms with Crippen molar-refractivity contribution in [2.75, 3.05) is 30.7 Å². The molecule has 44 heavy (non-hydrogen) atoms. The van der Waals surface area contributed by atoms with Crippen LogP contribution in [0.3, 0.4) is 0 Å². The zero-order valence-corrected chi connectivity index (χ0v) is 24.4. The molecule has 0 aliphatic carbocycles. The van der Waals surface area contributed by atoms with Crippen LogP contribution in [0.5, 0.6) is 5.88 Å². The maximum absolute atomic E-state index is 14.3. The highest BCUT2D eigenvalue weighted by atomic mass is 32.2. The molecule has 1 amide bonds. The molecule has 0 saturated carbocycles. The molecule has 3 heterocycles. The number of benzene rings is 3. The number of hydrogen-bond acceptors (Lipinski definition) is 7. The summed E-state index contributed by atoms with van der Waals surface area (Å²) in [7, 11) is -3.12. The number of fused-ring (bicyclic) bond motifs is 1. The third kappa shape index (κ3) is 5.63. The molecule has 0 spiro atoms. The number of nitrogen functional groups attached to an aromatic ring is 1. The van der Waals surface area contributed by atoms with Crippen LogP contribution in [-0.4, -0.2) is 49.4 Å². The molecule has 5 aromatic rings. The van der Waals surface area contributed by atoms with Gasteiger partial charge in [-0.05, 0) is 72.5 Å². The van der Waals surface area contributed by atoms with E-state index in [4.69, 9.17) is 10.5 Å². The minimum Gasteiger partial charge on any atom is -0.480 e. The van der Waals surface area contributed by atoms with E-state index in [9.17, 15) is 22.0 Å². The minimum absolute atomic E-state index is 0.0147. The average molecular weight is 616 g/mol. The van der Waals surface area contributed by atoms with Gasteiger partial charge in [-0.15, -0.1) is 0 Å². The predicted octanol–water partition coefficient (Wildman–Crippen LogP) is 5.87. The van der Waals surface area contributed by atoms with Gasteiger partial charge in [-0.2, -0.15) is 0 Å². The van der Waals surface area contributed by atoms with Crippen LogP contribution < -0.4 is 15.2 Å². The lowest BCUT2D eigenvalue weighted by Gasteiger charge is -2.15. The molecule has 1 saturated heterocycles. The van der Waals surface area contributed by atoms with Crippen molar-refractivity contribution in [2.45, 2.75) is 17.7 Å². The second-order valence-electron chi connectivity index (χ2n) is 10.4. The van der Waals surface area contributed by atoms with Crippen molar-refractivity contribution in [1.29, 1.82) is 0 Å². The molecular weight excluding hydrogens is 588 g/mol. The normalized spacial score (nSPS) is 13.3. The number of ether oxygens (including phenoxy) is 1. The number of nitrogens with zero attached hydrogens (tertiary/aromatic N) is 3. The van der Waals surface area contributed by atoms with Crippen LogP contribution in [0.15, 0.2) is 83.9 Å². The summed E-state index contributed by atoms with van der Waals surface area (Å²) in [5, 5.41) is 0.759. The lowest BCUT2D eigenvalue weighted by Crippen LogP contribution is -2.27. The highest BCUT2D eigenvalue weighted by Crippen LogP contribution is 2.34. The fourth-order valence-corrected chi connectivity index (χ4v) is 6.34. The number of aromatic nitrogens is 2. The number of rotatable bonds is 7. The molecular formula is C32H27F2N5O4S. The Balaban J connectivity index is 1.32. The number of carbonyl (C=O) groups excluding carboxylic acids is 1. The SMILES string of the molecule is COc1ncc(-c2ccc3nc(N)c(-c4ccc(C(=O)N5CCCC5)cc4)cc3c2)cc1NS(=O)(=O)c1ccc(F)cc1F. The molecule has 0 unspecified atom stereocenters. The fraction of sp³-hybridized carbons (Fsp3) is 0.156. The summed E-state index contributed by atoms with van der Waals surface area (Å²) < 4.78 is 61.1. The van der Waals surface area contributed by atoms with Crippen LogP contribution >= 0.6 is 0 Å². The van der Waals surface area contributed by atoms with Crippen molar-refractivity contribution in [2.24, 2.45) is 0 Å². The summed E-state index contributed by atoms with van der Waals surface area (Å²) in [5.41, 5.74) is 10.3. The highest BCUT2D eigenvalue weighted by molar-refractivity contribution is 7.92. The zero-order valence-electron chi connectivity index (χ0n) is 23.6. The van der Waals surface area contributed by atoms with Gasteiger partial charge in [0.1, 0.15) is 28.0 Å². The Bertz CT molecular complexity index is 2010. The Morgan fingerprint density at radius 1 is 0.932 bits per heavy atom. The third-order valence-electron chi connectivity index (χ3n) is 7.49. The first-order valence-corrected chi connectivity index (χ1v) is 15.2. The standard InChI is InChI=1S/C32H27F2N5O4S/c1-43-31-28(38-44(41,42)29-11-9-24(33)17-26(29)34)16-23(18-36-31)21-8-10-27-22(14-21)15-25(30(35)37-27)19-4-6-20(7-5-19)32(40)39-12-2-3-13-39/h4-11,14-18,38H,2-3,12-13H2,1H3,(H2,35,37). The Kier molecular flexibility index (Phi) is 7.60. The van der Waals surface area contributed by atoms with E-state index in [0.29, 0.717) is 39.7 Å². The predicted molar refractivity (Wildman–Crippen MR) is 164 cm³/mol. The van der Waals surface area contributed by atoms with Crippen molar-refractivity contribution < 1.29 is 26.7 Å². The quantitative estimate of drug-likeness (QED) is 0.234. The maximum Gasteiger partial charge on any atom is 0.264 e. The van der Waals surface area contributed by atoms with Crippen LogP contribution in [0, 0.1) is 11.6 Å². The van der Waals surface area contributed by atoms with E-state index in [2.05, 4.69) is 14.7 Å². The van der Waals surface area contributed by atoms with Gasteiger partial charge in [0.05, 0.1) is 12.6 Å². The van der Waals surface area contributed by atoms with Gasteiger partial charge in [0, 0.05) is 47.4 Å². The van der Waals surface area contributed by atoms with Gasteiger partial charge in [-0.25, -0.2) is 27.2 Å². The van der Waals surface area contributed by atoms with E-state index in [1.807, 2.05) is 29.2 Å². The zero-order chi connectivity index (χ0) is 31.0. The second kappa shape index (κ2) is 11.5. The van der Waals surface area contributed by atoms with Crippen molar-refractivity contribution in [3.8, 4) is 28.1 Å². The van der Waals surface area contributed by atoms with Crippen molar-refractivity contribution in [3.05, 3.63) is 96.2 Å². The number of sulfonamides is 1. The lowest BCUT2D eigenvalue weighted by molar-refractivity contribution is 0.0793. The second-order valence-corrected chi connectivity index (χ2v) is 12.0. The minimum atomic E-state index is -4.44. The molecule has 9 nitrogen and oxygen atoms in total. The molecule has 0 atom stereocenters. The number of amides is 1. The number of methoxy groups -OCH3 is 1. The summed E-state index contributed by atoms with van der Waals surface area (Å²) in [6.45, 7) is 1.54. The topological polar surface area (TPSA) is 128 Å². The molecule has 2 aromatic heterocycles. The van der Waals surface area contributed by atoms with Crippen molar-refractivity contribution in [1.82, 2.24) is 14.9 Å². The molecule has 1 fully saturated rings. The molecule has 6 rings (SSSR count). The summed E-state index contributed by atoms with van der Waals surface area (Å²) in [5.74, 6) is -1.82. The summed E-state index contributed by atoms with van der Waals surface area (Å²) in [6, 6.07) is 18.3. The smallest absolute Gasteiger partial charge is 0.264 e. The largest absolute Gasteiger partial charge is 0.480 e. The number of pyridine rings is 2. The number of nitrogens with one attached hydrogen (secondary N) is 1. The van der Waals surface area contributed by atoms with Crippen LogP contribution in [0.1, 0.15) is 23.2 Å². The van der Waals surface area contributed by atoms with Gasteiger partial charge in [0.15, 0.2) is 0 Å². The lowest BCUT2D eigenvalue weighted by atomic mass is 10.00. The summed E-state index contributed by atoms with van der Waals surface area (Å²) in [6.07, 6.45) is 3.55. The Morgan fingerprint density at radius 3 is 2.36 bits per heavy atom. The number of halogens is 2. The molecule has 1 aliphatic rings. The van der Waals surface area contributed by atoms with Crippen LogP contribution in [0.2, 0.25) is 0 Å². The monoisotopic (exact) mass is 615 g/mol. The average Bonchev–Trinajstić information content (AvgIpc) is 3.55. The van der Waals surface area contributed by atoms with E-state index in [1.54, 1.807) is 24.3 Å². The van der Waals surface area contributed by atoms with Crippen LogP contribution in [0.4, 0.5) is 20.3 Å². The van der Waals surface area contributed by atoms with E-state index in [-0.39, 0.29) is 17.5 Å². The summed E-state index contributed by atoms with van der Waals surface area (Å²) >= 11 is 0. The number of likely N-dealkylation sites (tertiary alicyclic amines) is 1. The number of anilines is 2. The molecule has 0 radical (unpaired) electrons. The van der Waals surface area contributed by atoms with Crippen LogP contribution in [-0.2, 0) is 10.0 Å². The van der Waals surface area contributed by atoms with E-state index >= 15 is 0 Å².